The van der Waals surface area contributed by atoms with Crippen LogP contribution in [0.25, 0.3) is 0 Å². The van der Waals surface area contributed by atoms with E-state index in [-0.39, 0.29) is 5.91 Å². The van der Waals surface area contributed by atoms with Gasteiger partial charge >= 0.3 is 0 Å². The molecule has 1 aromatic carbocycles. The number of hydrogen-bond donors (Lipinski definition) is 2. The van der Waals surface area contributed by atoms with Gasteiger partial charge in [0.1, 0.15) is 13.2 Å². The van der Waals surface area contributed by atoms with Crippen LogP contribution in [0.15, 0.2) is 12.1 Å². The molecule has 0 bridgehead atoms. The molecule has 0 aromatic heterocycles. The number of anilines is 1. The Morgan fingerprint density at radius 1 is 1.26 bits per heavy atom. The predicted molar refractivity (Wildman–Crippen MR) is 74.0 cm³/mol. The van der Waals surface area contributed by atoms with E-state index in [1.54, 1.807) is 0 Å². The zero-order valence-electron chi connectivity index (χ0n) is 11.4. The molecule has 1 amide bonds. The van der Waals surface area contributed by atoms with E-state index in [1.807, 2.05) is 26.1 Å². The summed E-state index contributed by atoms with van der Waals surface area (Å²) in [4.78, 5) is 11.8. The Morgan fingerprint density at radius 2 is 1.95 bits per heavy atom. The molecule has 0 unspecified atom stereocenters. The molecule has 1 heterocycles. The molecular weight excluding hydrogens is 244 g/mol. The fourth-order valence-electron chi connectivity index (χ4n) is 1.96. The summed E-state index contributed by atoms with van der Waals surface area (Å²) in [6, 6.07) is 3.73. The summed E-state index contributed by atoms with van der Waals surface area (Å²) in [5, 5.41) is 5.94. The zero-order chi connectivity index (χ0) is 13.7. The van der Waals surface area contributed by atoms with Crippen molar-refractivity contribution in [3.8, 4) is 11.5 Å². The summed E-state index contributed by atoms with van der Waals surface area (Å²) >= 11 is 0. The lowest BCUT2D eigenvalue weighted by Crippen LogP contribution is -2.18. The van der Waals surface area contributed by atoms with E-state index >= 15 is 0 Å². The number of fused-ring (bicyclic) bond motifs is 1. The first-order chi connectivity index (χ1) is 9.20. The third-order valence-electron chi connectivity index (χ3n) is 2.99. The van der Waals surface area contributed by atoms with Gasteiger partial charge in [-0.3, -0.25) is 4.79 Å². The van der Waals surface area contributed by atoms with Gasteiger partial charge in [0.25, 0.3) is 0 Å². The number of nitrogens with one attached hydrogen (secondary N) is 2. The molecule has 0 fully saturated rings. The van der Waals surface area contributed by atoms with E-state index in [4.69, 9.17) is 9.47 Å². The molecule has 0 atom stereocenters. The normalized spacial score (nSPS) is 13.2. The Balaban J connectivity index is 2.01. The maximum Gasteiger partial charge on any atom is 0.224 e. The summed E-state index contributed by atoms with van der Waals surface area (Å²) in [6.07, 6.45) is 1.33. The molecule has 1 aliphatic heterocycles. The number of rotatable bonds is 5. The van der Waals surface area contributed by atoms with Crippen molar-refractivity contribution in [3.05, 3.63) is 17.7 Å². The van der Waals surface area contributed by atoms with E-state index in [0.717, 1.165) is 30.0 Å². The number of hydrogen-bond acceptors (Lipinski definition) is 4. The molecule has 2 N–H and O–H groups in total. The van der Waals surface area contributed by atoms with Gasteiger partial charge in [0.05, 0.1) is 0 Å². The smallest absolute Gasteiger partial charge is 0.224 e. The largest absolute Gasteiger partial charge is 0.486 e. The van der Waals surface area contributed by atoms with Crippen molar-refractivity contribution in [2.24, 2.45) is 0 Å². The van der Waals surface area contributed by atoms with Crippen molar-refractivity contribution in [2.75, 3.05) is 32.1 Å². The first kappa shape index (κ1) is 13.7. The summed E-state index contributed by atoms with van der Waals surface area (Å²) < 4.78 is 11.0. The predicted octanol–water partition coefficient (Wildman–Crippen LogP) is 1.70. The van der Waals surface area contributed by atoms with Gasteiger partial charge in [0.15, 0.2) is 11.5 Å². The molecule has 0 spiro atoms. The standard InChI is InChI=1S/C14H20N2O3/c1-10-8-12-13(19-7-6-18-12)9-11(10)16-14(17)4-3-5-15-2/h8-9,15H,3-7H2,1-2H3,(H,16,17). The van der Waals surface area contributed by atoms with Gasteiger partial charge in [-0.15, -0.1) is 0 Å². The van der Waals surface area contributed by atoms with Gasteiger partial charge in [-0.25, -0.2) is 0 Å². The molecule has 0 aliphatic carbocycles. The van der Waals surface area contributed by atoms with Crippen LogP contribution in [-0.4, -0.2) is 32.7 Å². The molecular formula is C14H20N2O3. The van der Waals surface area contributed by atoms with Gasteiger partial charge in [-0.05, 0) is 38.6 Å². The summed E-state index contributed by atoms with van der Waals surface area (Å²) in [5.74, 6) is 1.47. The molecule has 2 rings (SSSR count). The quantitative estimate of drug-likeness (QED) is 0.795. The van der Waals surface area contributed by atoms with Crippen LogP contribution in [0, 0.1) is 6.92 Å². The average molecular weight is 264 g/mol. The molecule has 0 saturated heterocycles. The Hall–Kier alpha value is -1.75. The Kier molecular flexibility index (Phi) is 4.63. The van der Waals surface area contributed by atoms with Crippen LogP contribution >= 0.6 is 0 Å². The third kappa shape index (κ3) is 3.61. The van der Waals surface area contributed by atoms with Gasteiger partial charge in [-0.2, -0.15) is 0 Å². The van der Waals surface area contributed by atoms with Crippen molar-refractivity contribution in [1.29, 1.82) is 0 Å². The van der Waals surface area contributed by atoms with E-state index in [9.17, 15) is 4.79 Å². The molecule has 1 aliphatic rings. The fourth-order valence-corrected chi connectivity index (χ4v) is 1.96. The highest BCUT2D eigenvalue weighted by molar-refractivity contribution is 5.92. The molecule has 19 heavy (non-hydrogen) atoms. The lowest BCUT2D eigenvalue weighted by atomic mass is 10.1. The van der Waals surface area contributed by atoms with Gasteiger partial charge < -0.3 is 20.1 Å². The fraction of sp³-hybridized carbons (Fsp3) is 0.500. The lowest BCUT2D eigenvalue weighted by molar-refractivity contribution is -0.116. The maximum absolute atomic E-state index is 11.8. The zero-order valence-corrected chi connectivity index (χ0v) is 11.4. The van der Waals surface area contributed by atoms with Crippen molar-refractivity contribution in [3.63, 3.8) is 0 Å². The number of ether oxygens (including phenoxy) is 2. The topological polar surface area (TPSA) is 59.6 Å². The second-order valence-corrected chi connectivity index (χ2v) is 4.57. The second-order valence-electron chi connectivity index (χ2n) is 4.57. The SMILES string of the molecule is CNCCCC(=O)Nc1cc2c(cc1C)OCCO2. The summed E-state index contributed by atoms with van der Waals surface area (Å²) in [6.45, 7) is 3.91. The molecule has 5 heteroatoms. The van der Waals surface area contributed by atoms with Crippen LogP contribution in [0.2, 0.25) is 0 Å². The molecule has 0 radical (unpaired) electrons. The first-order valence-corrected chi connectivity index (χ1v) is 6.55. The van der Waals surface area contributed by atoms with Crippen LogP contribution in [0.5, 0.6) is 11.5 Å². The van der Waals surface area contributed by atoms with Gasteiger partial charge in [0.2, 0.25) is 5.91 Å². The van der Waals surface area contributed by atoms with E-state index in [1.165, 1.54) is 0 Å². The summed E-state index contributed by atoms with van der Waals surface area (Å²) in [7, 11) is 1.88. The summed E-state index contributed by atoms with van der Waals surface area (Å²) in [5.41, 5.74) is 1.77. The highest BCUT2D eigenvalue weighted by Gasteiger charge is 2.15. The van der Waals surface area contributed by atoms with Gasteiger partial charge in [0, 0.05) is 18.2 Å². The van der Waals surface area contributed by atoms with Crippen LogP contribution in [0.1, 0.15) is 18.4 Å². The minimum Gasteiger partial charge on any atom is -0.486 e. The van der Waals surface area contributed by atoms with Crippen LogP contribution < -0.4 is 20.1 Å². The maximum atomic E-state index is 11.8. The lowest BCUT2D eigenvalue weighted by Gasteiger charge is -2.20. The molecule has 0 saturated carbocycles. The van der Waals surface area contributed by atoms with E-state index < -0.39 is 0 Å². The number of benzene rings is 1. The van der Waals surface area contributed by atoms with Crippen LogP contribution in [-0.2, 0) is 4.79 Å². The monoisotopic (exact) mass is 264 g/mol. The Bertz CT molecular complexity index is 460. The highest BCUT2D eigenvalue weighted by Crippen LogP contribution is 2.35. The number of carbonyl (C=O) groups excluding carboxylic acids is 1. The molecule has 5 nitrogen and oxygen atoms in total. The number of aryl methyl sites for hydroxylation is 1. The van der Waals surface area contributed by atoms with E-state index in [2.05, 4.69) is 10.6 Å². The number of amides is 1. The minimum atomic E-state index is 0.0232. The number of carbonyl (C=O) groups is 1. The molecule has 104 valence electrons. The Labute approximate surface area is 113 Å². The average Bonchev–Trinajstić information content (AvgIpc) is 2.40. The Morgan fingerprint density at radius 3 is 2.63 bits per heavy atom. The van der Waals surface area contributed by atoms with Crippen LogP contribution in [0.3, 0.4) is 0 Å². The van der Waals surface area contributed by atoms with Crippen molar-refractivity contribution >= 4 is 11.6 Å². The first-order valence-electron chi connectivity index (χ1n) is 6.55. The van der Waals surface area contributed by atoms with Crippen molar-refractivity contribution < 1.29 is 14.3 Å². The molecule has 1 aromatic rings. The van der Waals surface area contributed by atoms with E-state index in [0.29, 0.717) is 25.4 Å². The van der Waals surface area contributed by atoms with Crippen LogP contribution in [0.4, 0.5) is 5.69 Å². The highest BCUT2D eigenvalue weighted by atomic mass is 16.6. The second kappa shape index (κ2) is 6.43. The third-order valence-corrected chi connectivity index (χ3v) is 2.99. The minimum absolute atomic E-state index is 0.0232. The van der Waals surface area contributed by atoms with Crippen molar-refractivity contribution in [1.82, 2.24) is 5.32 Å². The van der Waals surface area contributed by atoms with Gasteiger partial charge in [-0.1, -0.05) is 0 Å². The van der Waals surface area contributed by atoms with Crippen molar-refractivity contribution in [2.45, 2.75) is 19.8 Å².